The number of azide groups is 1. The van der Waals surface area contributed by atoms with E-state index in [0.717, 1.165) is 5.56 Å². The molecule has 0 aliphatic heterocycles. The molecular weight excluding hydrogens is 306 g/mol. The second-order valence-corrected chi connectivity index (χ2v) is 4.93. The van der Waals surface area contributed by atoms with E-state index in [2.05, 4.69) is 10.0 Å². The number of nitrogens with zero attached hydrogens (tertiary/aromatic N) is 3. The molecular formula is C18H17N3O3. The molecule has 0 aliphatic rings. The highest BCUT2D eigenvalue weighted by Crippen LogP contribution is 2.23. The first-order valence-electron chi connectivity index (χ1n) is 7.41. The molecule has 0 aliphatic carbocycles. The summed E-state index contributed by atoms with van der Waals surface area (Å²) in [5.41, 5.74) is 10.3. The molecule has 0 amide bonds. The molecule has 2 aromatic rings. The SMILES string of the molecule is CCOC(=O)/C(=C/c1cccc(Oc2ccc(C)cc2)c1)N=[N+]=[N-]. The maximum atomic E-state index is 11.8. The summed E-state index contributed by atoms with van der Waals surface area (Å²) in [5, 5.41) is 3.39. The lowest BCUT2D eigenvalue weighted by molar-refractivity contribution is -0.138. The summed E-state index contributed by atoms with van der Waals surface area (Å²) in [7, 11) is 0. The second kappa shape index (κ2) is 8.41. The third-order valence-electron chi connectivity index (χ3n) is 3.06. The van der Waals surface area contributed by atoms with Crippen molar-refractivity contribution in [3.05, 3.63) is 75.8 Å². The Kier molecular flexibility index (Phi) is 6.00. The molecule has 0 saturated heterocycles. The van der Waals surface area contributed by atoms with Gasteiger partial charge in [-0.05, 0) is 55.3 Å². The Balaban J connectivity index is 2.24. The van der Waals surface area contributed by atoms with Crippen LogP contribution >= 0.6 is 0 Å². The fourth-order valence-electron chi connectivity index (χ4n) is 1.95. The molecule has 6 heteroatoms. The maximum Gasteiger partial charge on any atom is 0.340 e. The van der Waals surface area contributed by atoms with Gasteiger partial charge in [0.25, 0.3) is 0 Å². The highest BCUT2D eigenvalue weighted by atomic mass is 16.5. The lowest BCUT2D eigenvalue weighted by Crippen LogP contribution is -2.05. The minimum Gasteiger partial charge on any atom is -0.462 e. The van der Waals surface area contributed by atoms with Gasteiger partial charge in [0.1, 0.15) is 17.2 Å². The van der Waals surface area contributed by atoms with E-state index < -0.39 is 5.97 Å². The van der Waals surface area contributed by atoms with E-state index in [1.165, 1.54) is 6.08 Å². The number of rotatable bonds is 6. The Morgan fingerprint density at radius 2 is 1.96 bits per heavy atom. The van der Waals surface area contributed by atoms with Crippen LogP contribution < -0.4 is 4.74 Å². The Morgan fingerprint density at radius 3 is 2.62 bits per heavy atom. The van der Waals surface area contributed by atoms with Gasteiger partial charge in [0.05, 0.1) is 6.61 Å². The Morgan fingerprint density at radius 1 is 1.21 bits per heavy atom. The predicted molar refractivity (Wildman–Crippen MR) is 91.5 cm³/mol. The Hall–Kier alpha value is -3.24. The van der Waals surface area contributed by atoms with Gasteiger partial charge in [0.15, 0.2) is 0 Å². The van der Waals surface area contributed by atoms with Gasteiger partial charge in [0, 0.05) is 4.91 Å². The van der Waals surface area contributed by atoms with E-state index >= 15 is 0 Å². The van der Waals surface area contributed by atoms with Crippen molar-refractivity contribution in [2.24, 2.45) is 5.11 Å². The molecule has 0 saturated carbocycles. The minimum atomic E-state index is -0.667. The fourth-order valence-corrected chi connectivity index (χ4v) is 1.95. The van der Waals surface area contributed by atoms with Gasteiger partial charge in [-0.25, -0.2) is 4.79 Å². The van der Waals surface area contributed by atoms with Crippen LogP contribution in [0.4, 0.5) is 0 Å². The molecule has 2 rings (SSSR count). The Bertz CT molecular complexity index is 791. The number of esters is 1. The van der Waals surface area contributed by atoms with Crippen molar-refractivity contribution in [2.45, 2.75) is 13.8 Å². The van der Waals surface area contributed by atoms with Crippen molar-refractivity contribution in [2.75, 3.05) is 6.61 Å². The molecule has 0 bridgehead atoms. The summed E-state index contributed by atoms with van der Waals surface area (Å²) >= 11 is 0. The van der Waals surface area contributed by atoms with Gasteiger partial charge in [-0.15, -0.1) is 0 Å². The van der Waals surface area contributed by atoms with Crippen LogP contribution in [0.1, 0.15) is 18.1 Å². The first-order valence-corrected chi connectivity index (χ1v) is 7.41. The number of aryl methyl sites for hydroxylation is 1. The molecule has 0 heterocycles. The molecule has 6 nitrogen and oxygen atoms in total. The smallest absolute Gasteiger partial charge is 0.340 e. The fraction of sp³-hybridized carbons (Fsp3) is 0.167. The van der Waals surface area contributed by atoms with Crippen LogP contribution in [0.5, 0.6) is 11.5 Å². The van der Waals surface area contributed by atoms with Gasteiger partial charge in [-0.1, -0.05) is 34.9 Å². The maximum absolute atomic E-state index is 11.8. The molecule has 0 N–H and O–H groups in total. The number of hydrogen-bond donors (Lipinski definition) is 0. The number of hydrogen-bond acceptors (Lipinski definition) is 4. The minimum absolute atomic E-state index is 0.105. The van der Waals surface area contributed by atoms with Gasteiger partial charge in [0.2, 0.25) is 0 Å². The summed E-state index contributed by atoms with van der Waals surface area (Å²) in [6, 6.07) is 14.8. The lowest BCUT2D eigenvalue weighted by atomic mass is 10.2. The number of carbonyl (C=O) groups is 1. The van der Waals surface area contributed by atoms with Crippen LogP contribution in [0.25, 0.3) is 16.5 Å². The summed E-state index contributed by atoms with van der Waals surface area (Å²) in [6.45, 7) is 3.89. The number of carbonyl (C=O) groups excluding carboxylic acids is 1. The molecule has 0 fully saturated rings. The average Bonchev–Trinajstić information content (AvgIpc) is 2.57. The van der Waals surface area contributed by atoms with Crippen LogP contribution in [-0.4, -0.2) is 12.6 Å². The third kappa shape index (κ3) is 4.90. The van der Waals surface area contributed by atoms with Crippen molar-refractivity contribution in [3.8, 4) is 11.5 Å². The highest BCUT2D eigenvalue weighted by Gasteiger charge is 2.09. The normalized spacial score (nSPS) is 10.7. The number of benzene rings is 2. The molecule has 0 unspecified atom stereocenters. The van der Waals surface area contributed by atoms with Crippen LogP contribution in [0, 0.1) is 6.92 Å². The zero-order valence-corrected chi connectivity index (χ0v) is 13.5. The zero-order valence-electron chi connectivity index (χ0n) is 13.5. The number of ether oxygens (including phenoxy) is 2. The van der Waals surface area contributed by atoms with Crippen molar-refractivity contribution < 1.29 is 14.3 Å². The van der Waals surface area contributed by atoms with Crippen LogP contribution in [0.3, 0.4) is 0 Å². The third-order valence-corrected chi connectivity index (χ3v) is 3.06. The van der Waals surface area contributed by atoms with Gasteiger partial charge >= 0.3 is 5.97 Å². The monoisotopic (exact) mass is 323 g/mol. The van der Waals surface area contributed by atoms with E-state index in [1.54, 1.807) is 31.2 Å². The predicted octanol–water partition coefficient (Wildman–Crippen LogP) is 5.00. The molecule has 122 valence electrons. The topological polar surface area (TPSA) is 84.3 Å². The Labute approximate surface area is 140 Å². The van der Waals surface area contributed by atoms with E-state index in [9.17, 15) is 4.79 Å². The first-order chi connectivity index (χ1) is 11.6. The zero-order chi connectivity index (χ0) is 17.4. The van der Waals surface area contributed by atoms with Crippen molar-refractivity contribution in [3.63, 3.8) is 0 Å². The standard InChI is InChI=1S/C18H17N3O3/c1-3-23-18(22)17(20-21-19)12-14-5-4-6-16(11-14)24-15-9-7-13(2)8-10-15/h4-12H,3H2,1-2H3/b17-12-. The molecule has 0 radical (unpaired) electrons. The molecule has 24 heavy (non-hydrogen) atoms. The van der Waals surface area contributed by atoms with Crippen molar-refractivity contribution in [1.29, 1.82) is 0 Å². The summed E-state index contributed by atoms with van der Waals surface area (Å²) < 4.78 is 10.6. The van der Waals surface area contributed by atoms with Gasteiger partial charge < -0.3 is 9.47 Å². The second-order valence-electron chi connectivity index (χ2n) is 4.93. The molecule has 0 spiro atoms. The molecule has 0 aromatic heterocycles. The van der Waals surface area contributed by atoms with Gasteiger partial charge in [-0.2, -0.15) is 0 Å². The van der Waals surface area contributed by atoms with Crippen LogP contribution in [0.2, 0.25) is 0 Å². The molecule has 0 atom stereocenters. The van der Waals surface area contributed by atoms with Crippen LogP contribution in [0.15, 0.2) is 59.3 Å². The van der Waals surface area contributed by atoms with Crippen molar-refractivity contribution >= 4 is 12.0 Å². The average molecular weight is 323 g/mol. The summed E-state index contributed by atoms with van der Waals surface area (Å²) in [5.74, 6) is 0.652. The molecule has 2 aromatic carbocycles. The summed E-state index contributed by atoms with van der Waals surface area (Å²) in [4.78, 5) is 14.4. The highest BCUT2D eigenvalue weighted by molar-refractivity contribution is 5.93. The van der Waals surface area contributed by atoms with Crippen molar-refractivity contribution in [1.82, 2.24) is 0 Å². The lowest BCUT2D eigenvalue weighted by Gasteiger charge is -2.07. The van der Waals surface area contributed by atoms with Crippen LogP contribution in [-0.2, 0) is 9.53 Å². The quantitative estimate of drug-likeness (QED) is 0.246. The largest absolute Gasteiger partial charge is 0.462 e. The van der Waals surface area contributed by atoms with E-state index in [0.29, 0.717) is 17.1 Å². The summed E-state index contributed by atoms with van der Waals surface area (Å²) in [6.07, 6.45) is 1.46. The van der Waals surface area contributed by atoms with E-state index in [4.69, 9.17) is 15.0 Å². The van der Waals surface area contributed by atoms with E-state index in [-0.39, 0.29) is 12.3 Å². The van der Waals surface area contributed by atoms with E-state index in [1.807, 2.05) is 31.2 Å². The van der Waals surface area contributed by atoms with Gasteiger partial charge in [-0.3, -0.25) is 0 Å². The first kappa shape index (κ1) is 17.1.